The molecule has 0 fully saturated rings. The molecule has 0 amide bonds. The van der Waals surface area contributed by atoms with Gasteiger partial charge >= 0.3 is 0 Å². The number of alkyl halides is 1. The molecule has 0 spiro atoms. The van der Waals surface area contributed by atoms with E-state index in [1.165, 1.54) is 0 Å². The van der Waals surface area contributed by atoms with Gasteiger partial charge in [-0.2, -0.15) is 0 Å². The Labute approximate surface area is 136 Å². The molecule has 0 radical (unpaired) electrons. The zero-order chi connectivity index (χ0) is 15.9. The second kappa shape index (κ2) is 8.88. The van der Waals surface area contributed by atoms with Gasteiger partial charge in [0.25, 0.3) is 0 Å². The van der Waals surface area contributed by atoms with Gasteiger partial charge in [0.1, 0.15) is 0 Å². The quantitative estimate of drug-likeness (QED) is 0.671. The maximum Gasteiger partial charge on any atom is 0.240 e. The minimum absolute atomic E-state index is 0.203. The van der Waals surface area contributed by atoms with E-state index in [1.54, 1.807) is 12.1 Å². The van der Waals surface area contributed by atoms with Crippen molar-refractivity contribution in [3.05, 3.63) is 29.8 Å². The Bertz CT molecular complexity index is 514. The third kappa shape index (κ3) is 6.46. The Morgan fingerprint density at radius 3 is 2.33 bits per heavy atom. The molecular weight excluding hydrogens is 354 g/mol. The van der Waals surface area contributed by atoms with Crippen LogP contribution in [0.2, 0.25) is 0 Å². The Hall–Kier alpha value is -0.430. The first kappa shape index (κ1) is 18.6. The molecule has 120 valence electrons. The number of nitrogens with one attached hydrogen (secondary N) is 1. The highest BCUT2D eigenvalue weighted by molar-refractivity contribution is 9.08. The van der Waals surface area contributed by atoms with Gasteiger partial charge in [0, 0.05) is 18.0 Å². The predicted molar refractivity (Wildman–Crippen MR) is 89.1 cm³/mol. The Morgan fingerprint density at radius 1 is 1.24 bits per heavy atom. The van der Waals surface area contributed by atoms with Crippen LogP contribution in [0, 0.1) is 5.92 Å². The third-order valence-electron chi connectivity index (χ3n) is 2.99. The lowest BCUT2D eigenvalue weighted by molar-refractivity contribution is 0.122. The van der Waals surface area contributed by atoms with Gasteiger partial charge in [0.05, 0.1) is 11.5 Å². The van der Waals surface area contributed by atoms with Crippen molar-refractivity contribution in [2.24, 2.45) is 5.92 Å². The molecule has 0 unspecified atom stereocenters. The molecule has 0 aromatic heterocycles. The molecule has 0 heterocycles. The van der Waals surface area contributed by atoms with E-state index in [4.69, 9.17) is 4.74 Å². The van der Waals surface area contributed by atoms with Gasteiger partial charge in [-0.15, -0.1) is 0 Å². The number of sulfonamides is 1. The van der Waals surface area contributed by atoms with Crippen LogP contribution in [0.25, 0.3) is 0 Å². The molecule has 1 aromatic rings. The van der Waals surface area contributed by atoms with E-state index in [0.29, 0.717) is 24.5 Å². The molecule has 21 heavy (non-hydrogen) atoms. The van der Waals surface area contributed by atoms with Crippen LogP contribution < -0.4 is 4.72 Å². The maximum absolute atomic E-state index is 12.4. The normalized spacial score (nSPS) is 13.6. The van der Waals surface area contributed by atoms with Crippen LogP contribution in [0.1, 0.15) is 32.8 Å². The predicted octanol–water partition coefficient (Wildman–Crippen LogP) is 3.31. The van der Waals surface area contributed by atoms with Gasteiger partial charge < -0.3 is 4.74 Å². The van der Waals surface area contributed by atoms with Crippen molar-refractivity contribution in [1.29, 1.82) is 0 Å². The van der Waals surface area contributed by atoms with E-state index in [-0.39, 0.29) is 10.9 Å². The van der Waals surface area contributed by atoms with Crippen molar-refractivity contribution >= 4 is 26.0 Å². The fourth-order valence-corrected chi connectivity index (χ4v) is 3.63. The zero-order valence-electron chi connectivity index (χ0n) is 12.8. The third-order valence-corrected chi connectivity index (χ3v) is 5.17. The standard InChI is InChI=1S/C15H24BrNO3S/c1-4-20-11-14(9-12(2)3)17-21(18,19)15-7-5-13(10-16)6-8-15/h5-8,12,14,17H,4,9-11H2,1-3H3/t14-/m0/s1. The van der Waals surface area contributed by atoms with Crippen LogP contribution in [-0.4, -0.2) is 27.7 Å². The average Bonchev–Trinajstić information content (AvgIpc) is 2.44. The molecule has 4 nitrogen and oxygen atoms in total. The second-order valence-corrected chi connectivity index (χ2v) is 7.66. The largest absolute Gasteiger partial charge is 0.380 e. The number of benzene rings is 1. The van der Waals surface area contributed by atoms with Crippen LogP contribution in [0.3, 0.4) is 0 Å². The Morgan fingerprint density at radius 2 is 1.86 bits per heavy atom. The lowest BCUT2D eigenvalue weighted by Crippen LogP contribution is -2.39. The SMILES string of the molecule is CCOC[C@H](CC(C)C)NS(=O)(=O)c1ccc(CBr)cc1. The first-order chi connectivity index (χ1) is 9.89. The fraction of sp³-hybridized carbons (Fsp3) is 0.600. The molecule has 0 saturated carbocycles. The lowest BCUT2D eigenvalue weighted by atomic mass is 10.1. The lowest BCUT2D eigenvalue weighted by Gasteiger charge is -2.20. The first-order valence-electron chi connectivity index (χ1n) is 7.14. The van der Waals surface area contributed by atoms with Crippen LogP contribution in [0.5, 0.6) is 0 Å². The van der Waals surface area contributed by atoms with Gasteiger partial charge in [-0.25, -0.2) is 13.1 Å². The van der Waals surface area contributed by atoms with E-state index in [1.807, 2.05) is 19.1 Å². The molecule has 0 saturated heterocycles. The van der Waals surface area contributed by atoms with E-state index >= 15 is 0 Å². The van der Waals surface area contributed by atoms with Crippen LogP contribution in [-0.2, 0) is 20.1 Å². The van der Waals surface area contributed by atoms with Crippen molar-refractivity contribution < 1.29 is 13.2 Å². The molecule has 1 atom stereocenters. The van der Waals surface area contributed by atoms with Gasteiger partial charge in [-0.05, 0) is 37.0 Å². The molecule has 1 rings (SSSR count). The summed E-state index contributed by atoms with van der Waals surface area (Å²) >= 11 is 3.35. The molecule has 1 N–H and O–H groups in total. The van der Waals surface area contributed by atoms with Gasteiger partial charge in [-0.1, -0.05) is 41.9 Å². The highest BCUT2D eigenvalue weighted by atomic mass is 79.9. The summed E-state index contributed by atoms with van der Waals surface area (Å²) in [6, 6.07) is 6.68. The van der Waals surface area contributed by atoms with Gasteiger partial charge in [-0.3, -0.25) is 0 Å². The van der Waals surface area contributed by atoms with E-state index in [9.17, 15) is 8.42 Å². The van der Waals surface area contributed by atoms with Crippen LogP contribution in [0.15, 0.2) is 29.2 Å². The number of ether oxygens (including phenoxy) is 1. The summed E-state index contributed by atoms with van der Waals surface area (Å²) in [7, 11) is -3.51. The van der Waals surface area contributed by atoms with Crippen molar-refractivity contribution in [3.8, 4) is 0 Å². The molecular formula is C15H24BrNO3S. The number of hydrogen-bond acceptors (Lipinski definition) is 3. The van der Waals surface area contributed by atoms with Crippen LogP contribution >= 0.6 is 15.9 Å². The van der Waals surface area contributed by atoms with Crippen LogP contribution in [0.4, 0.5) is 0 Å². The number of halogens is 1. The second-order valence-electron chi connectivity index (χ2n) is 5.38. The van der Waals surface area contributed by atoms with E-state index in [0.717, 1.165) is 12.0 Å². The number of rotatable bonds is 9. The van der Waals surface area contributed by atoms with Gasteiger partial charge in [0.15, 0.2) is 0 Å². The highest BCUT2D eigenvalue weighted by Crippen LogP contribution is 2.15. The Balaban J connectivity index is 2.82. The topological polar surface area (TPSA) is 55.4 Å². The van der Waals surface area contributed by atoms with Crippen molar-refractivity contribution in [3.63, 3.8) is 0 Å². The molecule has 0 bridgehead atoms. The summed E-state index contributed by atoms with van der Waals surface area (Å²) < 4.78 is 32.9. The molecule has 0 aliphatic heterocycles. The maximum atomic E-state index is 12.4. The molecule has 0 aliphatic rings. The average molecular weight is 378 g/mol. The summed E-state index contributed by atoms with van der Waals surface area (Å²) in [4.78, 5) is 0.289. The minimum atomic E-state index is -3.51. The number of hydrogen-bond donors (Lipinski definition) is 1. The summed E-state index contributed by atoms with van der Waals surface area (Å²) in [6.45, 7) is 7.01. The van der Waals surface area contributed by atoms with Gasteiger partial charge in [0.2, 0.25) is 10.0 Å². The highest BCUT2D eigenvalue weighted by Gasteiger charge is 2.21. The van der Waals surface area contributed by atoms with E-state index < -0.39 is 10.0 Å². The monoisotopic (exact) mass is 377 g/mol. The van der Waals surface area contributed by atoms with Crippen molar-refractivity contribution in [1.82, 2.24) is 4.72 Å². The molecule has 6 heteroatoms. The minimum Gasteiger partial charge on any atom is -0.380 e. The molecule has 1 aromatic carbocycles. The molecule has 0 aliphatic carbocycles. The van der Waals surface area contributed by atoms with E-state index in [2.05, 4.69) is 34.5 Å². The summed E-state index contributed by atoms with van der Waals surface area (Å²) in [5, 5.41) is 0.709. The summed E-state index contributed by atoms with van der Waals surface area (Å²) in [5.41, 5.74) is 1.04. The zero-order valence-corrected chi connectivity index (χ0v) is 15.2. The smallest absolute Gasteiger partial charge is 0.240 e. The Kier molecular flexibility index (Phi) is 7.87. The van der Waals surface area contributed by atoms with Crippen molar-refractivity contribution in [2.75, 3.05) is 13.2 Å². The fourth-order valence-electron chi connectivity index (χ4n) is 2.02. The van der Waals surface area contributed by atoms with Crippen molar-refractivity contribution in [2.45, 2.75) is 43.5 Å². The summed E-state index contributed by atoms with van der Waals surface area (Å²) in [6.07, 6.45) is 0.749. The summed E-state index contributed by atoms with van der Waals surface area (Å²) in [5.74, 6) is 0.397. The first-order valence-corrected chi connectivity index (χ1v) is 9.74.